The zero-order valence-electron chi connectivity index (χ0n) is 8.23. The molecular weight excluding hydrogens is 221 g/mol. The van der Waals surface area contributed by atoms with Crippen LogP contribution < -0.4 is 10.1 Å². The van der Waals surface area contributed by atoms with E-state index in [2.05, 4.69) is 5.32 Å². The van der Waals surface area contributed by atoms with Crippen LogP contribution in [0.3, 0.4) is 0 Å². The molecule has 78 valence electrons. The summed E-state index contributed by atoms with van der Waals surface area (Å²) in [5.74, 6) is 0.638. The second-order valence-corrected chi connectivity index (χ2v) is 3.65. The zero-order chi connectivity index (χ0) is 10.6. The summed E-state index contributed by atoms with van der Waals surface area (Å²) in [5.41, 5.74) is 0.975. The van der Waals surface area contributed by atoms with Crippen LogP contribution in [0, 0.1) is 0 Å². The molecule has 0 fully saturated rings. The smallest absolute Gasteiger partial charge is 0.139 e. The van der Waals surface area contributed by atoms with Gasteiger partial charge >= 0.3 is 0 Å². The molecule has 4 heteroatoms. The van der Waals surface area contributed by atoms with E-state index in [4.69, 9.17) is 27.9 Å². The molecule has 14 heavy (non-hydrogen) atoms. The van der Waals surface area contributed by atoms with Gasteiger partial charge in [-0.25, -0.2) is 0 Å². The summed E-state index contributed by atoms with van der Waals surface area (Å²) in [7, 11) is 1.86. The van der Waals surface area contributed by atoms with Crippen molar-refractivity contribution in [3.05, 3.63) is 27.7 Å². The number of nitrogens with one attached hydrogen (secondary N) is 1. The highest BCUT2D eigenvalue weighted by Crippen LogP contribution is 2.31. The summed E-state index contributed by atoms with van der Waals surface area (Å²) in [6, 6.07) is 3.57. The largest absolute Gasteiger partial charge is 0.492 e. The average molecular weight is 234 g/mol. The Labute approximate surface area is 94.2 Å². The lowest BCUT2D eigenvalue weighted by molar-refractivity contribution is 0.340. The molecule has 0 unspecified atom stereocenters. The fourth-order valence-electron chi connectivity index (χ4n) is 1.16. The maximum atomic E-state index is 6.04. The van der Waals surface area contributed by atoms with Gasteiger partial charge in [-0.2, -0.15) is 0 Å². The molecule has 0 radical (unpaired) electrons. The van der Waals surface area contributed by atoms with Crippen molar-refractivity contribution in [3.63, 3.8) is 0 Å². The first-order valence-electron chi connectivity index (χ1n) is 4.44. The van der Waals surface area contributed by atoms with Crippen molar-refractivity contribution in [2.24, 2.45) is 0 Å². The number of halogens is 2. The van der Waals surface area contributed by atoms with Gasteiger partial charge in [0.1, 0.15) is 5.75 Å². The van der Waals surface area contributed by atoms with Gasteiger partial charge in [-0.05, 0) is 25.6 Å². The second-order valence-electron chi connectivity index (χ2n) is 2.84. The molecule has 0 spiro atoms. The van der Waals surface area contributed by atoms with Gasteiger partial charge in [-0.3, -0.25) is 0 Å². The summed E-state index contributed by atoms with van der Waals surface area (Å²) < 4.78 is 5.31. The zero-order valence-corrected chi connectivity index (χ0v) is 9.74. The van der Waals surface area contributed by atoms with E-state index in [1.807, 2.05) is 20.0 Å². The molecule has 0 saturated heterocycles. The molecule has 0 amide bonds. The normalized spacial score (nSPS) is 10.3. The predicted molar refractivity (Wildman–Crippen MR) is 60.4 cm³/mol. The molecule has 0 aliphatic carbocycles. The van der Waals surface area contributed by atoms with E-state index in [9.17, 15) is 0 Å². The van der Waals surface area contributed by atoms with Gasteiger partial charge in [-0.15, -0.1) is 0 Å². The van der Waals surface area contributed by atoms with E-state index < -0.39 is 0 Å². The Hall–Kier alpha value is -0.440. The monoisotopic (exact) mass is 233 g/mol. The summed E-state index contributed by atoms with van der Waals surface area (Å²) in [6.07, 6.45) is 0. The molecule has 1 aromatic carbocycles. The first-order chi connectivity index (χ1) is 6.69. The van der Waals surface area contributed by atoms with E-state index in [1.54, 1.807) is 6.07 Å². The van der Waals surface area contributed by atoms with Crippen LogP contribution in [0.2, 0.25) is 10.0 Å². The van der Waals surface area contributed by atoms with Gasteiger partial charge in [0.15, 0.2) is 0 Å². The quantitative estimate of drug-likeness (QED) is 0.864. The highest BCUT2D eigenvalue weighted by Gasteiger charge is 2.07. The molecule has 0 saturated carbocycles. The van der Waals surface area contributed by atoms with Crippen LogP contribution in [-0.2, 0) is 6.54 Å². The molecule has 1 aromatic rings. The first kappa shape index (κ1) is 11.6. The molecule has 1 rings (SSSR count). The average Bonchev–Trinajstić information content (AvgIpc) is 2.14. The number of ether oxygens (including phenoxy) is 1. The van der Waals surface area contributed by atoms with Gasteiger partial charge < -0.3 is 10.1 Å². The van der Waals surface area contributed by atoms with Crippen LogP contribution in [0.4, 0.5) is 0 Å². The molecule has 2 nitrogen and oxygen atoms in total. The van der Waals surface area contributed by atoms with Crippen LogP contribution >= 0.6 is 23.2 Å². The van der Waals surface area contributed by atoms with Crippen LogP contribution in [0.25, 0.3) is 0 Å². The van der Waals surface area contributed by atoms with Crippen molar-refractivity contribution in [1.82, 2.24) is 5.32 Å². The molecule has 0 heterocycles. The van der Waals surface area contributed by atoms with Crippen molar-refractivity contribution in [2.45, 2.75) is 13.5 Å². The van der Waals surface area contributed by atoms with Crippen LogP contribution in [0.15, 0.2) is 12.1 Å². The van der Waals surface area contributed by atoms with Gasteiger partial charge in [0, 0.05) is 17.6 Å². The summed E-state index contributed by atoms with van der Waals surface area (Å²) >= 11 is 12.0. The van der Waals surface area contributed by atoms with Crippen LogP contribution in [0.5, 0.6) is 5.75 Å². The highest BCUT2D eigenvalue weighted by molar-refractivity contribution is 6.34. The Kier molecular flexibility index (Phi) is 4.52. The van der Waals surface area contributed by atoms with Gasteiger partial charge in [-0.1, -0.05) is 23.2 Å². The maximum absolute atomic E-state index is 6.04. The Bertz CT molecular complexity index is 283. The lowest BCUT2D eigenvalue weighted by Crippen LogP contribution is -2.06. The Morgan fingerprint density at radius 2 is 2.00 bits per heavy atom. The van der Waals surface area contributed by atoms with E-state index in [1.165, 1.54) is 0 Å². The third kappa shape index (κ3) is 2.77. The van der Waals surface area contributed by atoms with E-state index in [0.29, 0.717) is 28.9 Å². The molecule has 0 aromatic heterocycles. The summed E-state index contributed by atoms with van der Waals surface area (Å²) in [6.45, 7) is 3.19. The number of hydrogen-bond acceptors (Lipinski definition) is 2. The molecule has 1 N–H and O–H groups in total. The SMILES string of the molecule is CCOc1cc(Cl)c(CNC)cc1Cl. The molecule has 0 aliphatic heterocycles. The highest BCUT2D eigenvalue weighted by atomic mass is 35.5. The fraction of sp³-hybridized carbons (Fsp3) is 0.400. The van der Waals surface area contributed by atoms with Crippen molar-refractivity contribution >= 4 is 23.2 Å². The minimum atomic E-state index is 0.585. The van der Waals surface area contributed by atoms with Crippen molar-refractivity contribution in [2.75, 3.05) is 13.7 Å². The fourth-order valence-corrected chi connectivity index (χ4v) is 1.62. The van der Waals surface area contributed by atoms with Crippen molar-refractivity contribution in [1.29, 1.82) is 0 Å². The second kappa shape index (κ2) is 5.44. The molecular formula is C10H13Cl2NO. The number of benzene rings is 1. The van der Waals surface area contributed by atoms with Crippen molar-refractivity contribution < 1.29 is 4.74 Å². The van der Waals surface area contributed by atoms with Gasteiger partial charge in [0.25, 0.3) is 0 Å². The van der Waals surface area contributed by atoms with E-state index in [0.717, 1.165) is 5.56 Å². The van der Waals surface area contributed by atoms with Gasteiger partial charge in [0.2, 0.25) is 0 Å². The lowest BCUT2D eigenvalue weighted by Gasteiger charge is -2.09. The standard InChI is InChI=1S/C10H13Cl2NO/c1-3-14-10-5-8(11)7(6-13-2)4-9(10)12/h4-5,13H,3,6H2,1-2H3. The predicted octanol–water partition coefficient (Wildman–Crippen LogP) is 3.11. The first-order valence-corrected chi connectivity index (χ1v) is 5.20. The Balaban J connectivity index is 2.97. The summed E-state index contributed by atoms with van der Waals surface area (Å²) in [5, 5.41) is 4.29. The maximum Gasteiger partial charge on any atom is 0.139 e. The minimum absolute atomic E-state index is 0.585. The summed E-state index contributed by atoms with van der Waals surface area (Å²) in [4.78, 5) is 0. The van der Waals surface area contributed by atoms with Gasteiger partial charge in [0.05, 0.1) is 11.6 Å². The lowest BCUT2D eigenvalue weighted by atomic mass is 10.2. The van der Waals surface area contributed by atoms with E-state index in [-0.39, 0.29) is 0 Å². The van der Waals surface area contributed by atoms with E-state index >= 15 is 0 Å². The van der Waals surface area contributed by atoms with Crippen LogP contribution in [-0.4, -0.2) is 13.7 Å². The Morgan fingerprint density at radius 1 is 1.29 bits per heavy atom. The molecule has 0 atom stereocenters. The molecule has 0 bridgehead atoms. The number of hydrogen-bond donors (Lipinski definition) is 1. The third-order valence-electron chi connectivity index (χ3n) is 1.77. The van der Waals surface area contributed by atoms with Crippen molar-refractivity contribution in [3.8, 4) is 5.75 Å². The molecule has 0 aliphatic rings. The Morgan fingerprint density at radius 3 is 2.57 bits per heavy atom. The minimum Gasteiger partial charge on any atom is -0.492 e. The third-order valence-corrected chi connectivity index (χ3v) is 2.42. The van der Waals surface area contributed by atoms with Crippen LogP contribution in [0.1, 0.15) is 12.5 Å². The topological polar surface area (TPSA) is 21.3 Å². The number of rotatable bonds is 4.